The molecule has 0 radical (unpaired) electrons. The Bertz CT molecular complexity index is 1480. The number of ether oxygens (including phenoxy) is 2. The Morgan fingerprint density at radius 3 is 2.69 bits per heavy atom. The molecule has 0 saturated heterocycles. The van der Waals surface area contributed by atoms with Crippen molar-refractivity contribution in [3.63, 3.8) is 0 Å². The summed E-state index contributed by atoms with van der Waals surface area (Å²) in [6, 6.07) is 25.4. The van der Waals surface area contributed by atoms with Gasteiger partial charge in [-0.1, -0.05) is 48.5 Å². The first-order valence-electron chi connectivity index (χ1n) is 11.8. The first-order chi connectivity index (χ1) is 17.7. The molecule has 1 aromatic heterocycles. The number of carbonyl (C=O) groups is 1. The summed E-state index contributed by atoms with van der Waals surface area (Å²) in [5, 5.41) is 0. The summed E-state index contributed by atoms with van der Waals surface area (Å²) >= 11 is 0. The van der Waals surface area contributed by atoms with Crippen molar-refractivity contribution >= 4 is 23.0 Å². The van der Waals surface area contributed by atoms with Gasteiger partial charge in [0.05, 0.1) is 29.8 Å². The molecule has 4 heterocycles. The highest BCUT2D eigenvalue weighted by atomic mass is 16.8. The Labute approximate surface area is 207 Å². The zero-order chi connectivity index (χ0) is 24.1. The van der Waals surface area contributed by atoms with Gasteiger partial charge in [-0.2, -0.15) is 4.94 Å². The monoisotopic (exact) mass is 478 g/mol. The summed E-state index contributed by atoms with van der Waals surface area (Å²) in [6.45, 7) is 1.04. The largest absolute Gasteiger partial charge is 0.491 e. The van der Waals surface area contributed by atoms with Crippen LogP contribution in [0.2, 0.25) is 0 Å². The van der Waals surface area contributed by atoms with E-state index in [9.17, 15) is 4.79 Å². The Kier molecular flexibility index (Phi) is 4.62. The molecule has 2 N–H and O–H groups in total. The van der Waals surface area contributed by atoms with Gasteiger partial charge in [-0.3, -0.25) is 9.78 Å². The fraction of sp³-hybridized carbons (Fsp3) is 0.143. The van der Waals surface area contributed by atoms with Crippen LogP contribution in [0.5, 0.6) is 11.5 Å². The van der Waals surface area contributed by atoms with Gasteiger partial charge in [-0.15, -0.1) is 0 Å². The number of aromatic nitrogens is 1. The van der Waals surface area contributed by atoms with Gasteiger partial charge in [0.25, 0.3) is 0 Å². The number of hydrogen-bond acceptors (Lipinski definition) is 7. The number of nitrogens with zero attached hydrogens (tertiary/aromatic N) is 2. The molecule has 0 aliphatic carbocycles. The Morgan fingerprint density at radius 2 is 1.83 bits per heavy atom. The highest BCUT2D eigenvalue weighted by Gasteiger charge is 2.58. The van der Waals surface area contributed by atoms with Crippen molar-refractivity contribution < 1.29 is 19.2 Å². The highest BCUT2D eigenvalue weighted by Crippen LogP contribution is 2.56. The lowest BCUT2D eigenvalue weighted by molar-refractivity contribution is -0.122. The molecule has 8 nitrogen and oxygen atoms in total. The second kappa shape index (κ2) is 8.00. The van der Waals surface area contributed by atoms with Crippen LogP contribution in [0, 0.1) is 0 Å². The Balaban J connectivity index is 1.19. The molecule has 1 amide bonds. The van der Waals surface area contributed by atoms with Crippen LogP contribution >= 0.6 is 0 Å². The Hall–Kier alpha value is -4.56. The van der Waals surface area contributed by atoms with Crippen LogP contribution < -0.4 is 25.3 Å². The lowest BCUT2D eigenvalue weighted by atomic mass is 9.76. The van der Waals surface area contributed by atoms with Gasteiger partial charge in [0, 0.05) is 11.3 Å². The second-order valence-electron chi connectivity index (χ2n) is 9.03. The summed E-state index contributed by atoms with van der Waals surface area (Å²) in [7, 11) is 0. The molecule has 3 aliphatic heterocycles. The molecule has 0 fully saturated rings. The SMILES string of the molecule is O=C1N(Cc2ccc(OCc3ccccc3)cn2)c2ccccc2C12COc1ccc3c(c12)NON3. The summed E-state index contributed by atoms with van der Waals surface area (Å²) < 4.78 is 11.9. The van der Waals surface area contributed by atoms with E-state index in [1.54, 1.807) is 11.1 Å². The third kappa shape index (κ3) is 3.04. The van der Waals surface area contributed by atoms with E-state index in [0.29, 0.717) is 24.7 Å². The lowest BCUT2D eigenvalue weighted by Gasteiger charge is -2.24. The van der Waals surface area contributed by atoms with Gasteiger partial charge < -0.3 is 14.4 Å². The maximum atomic E-state index is 14.2. The maximum absolute atomic E-state index is 14.2. The van der Waals surface area contributed by atoms with Crippen LogP contribution in [0.4, 0.5) is 17.1 Å². The quantitative estimate of drug-likeness (QED) is 0.435. The molecule has 3 aromatic carbocycles. The average Bonchev–Trinajstić information content (AvgIpc) is 3.62. The minimum absolute atomic E-state index is 0.0456. The van der Waals surface area contributed by atoms with E-state index in [4.69, 9.17) is 14.4 Å². The number of rotatable bonds is 5. The molecule has 0 saturated carbocycles. The van der Waals surface area contributed by atoms with Crippen molar-refractivity contribution in [1.29, 1.82) is 0 Å². The molecule has 36 heavy (non-hydrogen) atoms. The van der Waals surface area contributed by atoms with E-state index in [1.165, 1.54) is 0 Å². The van der Waals surface area contributed by atoms with Crippen molar-refractivity contribution in [2.75, 3.05) is 22.5 Å². The van der Waals surface area contributed by atoms with Crippen molar-refractivity contribution in [3.8, 4) is 11.5 Å². The summed E-state index contributed by atoms with van der Waals surface area (Å²) in [4.78, 5) is 25.8. The molecule has 3 aliphatic rings. The number of pyridine rings is 1. The smallest absolute Gasteiger partial charge is 0.246 e. The van der Waals surface area contributed by atoms with Crippen LogP contribution in [0.1, 0.15) is 22.4 Å². The highest BCUT2D eigenvalue weighted by molar-refractivity contribution is 6.12. The minimum Gasteiger partial charge on any atom is -0.491 e. The number of hydrogen-bond donors (Lipinski definition) is 2. The van der Waals surface area contributed by atoms with Gasteiger partial charge in [-0.25, -0.2) is 11.0 Å². The van der Waals surface area contributed by atoms with E-state index in [0.717, 1.165) is 39.4 Å². The van der Waals surface area contributed by atoms with Gasteiger partial charge in [0.2, 0.25) is 5.91 Å². The van der Waals surface area contributed by atoms with Crippen LogP contribution in [0.3, 0.4) is 0 Å². The second-order valence-corrected chi connectivity index (χ2v) is 9.03. The molecular weight excluding hydrogens is 456 g/mol. The van der Waals surface area contributed by atoms with Crippen LogP contribution in [-0.4, -0.2) is 17.5 Å². The van der Waals surface area contributed by atoms with Gasteiger partial charge >= 0.3 is 0 Å². The molecule has 1 atom stereocenters. The molecule has 178 valence electrons. The van der Waals surface area contributed by atoms with E-state index < -0.39 is 5.41 Å². The topological polar surface area (TPSA) is 85.0 Å². The fourth-order valence-electron chi connectivity index (χ4n) is 5.26. The average molecular weight is 479 g/mol. The van der Waals surface area contributed by atoms with E-state index in [1.807, 2.05) is 78.9 Å². The molecule has 1 spiro atoms. The van der Waals surface area contributed by atoms with Gasteiger partial charge in [-0.05, 0) is 41.5 Å². The van der Waals surface area contributed by atoms with Crippen LogP contribution in [-0.2, 0) is 28.3 Å². The first kappa shape index (κ1) is 20.8. The number of carbonyl (C=O) groups excluding carboxylic acids is 1. The molecule has 4 aromatic rings. The van der Waals surface area contributed by atoms with Crippen molar-refractivity contribution in [3.05, 3.63) is 107 Å². The number of para-hydroxylation sites is 1. The first-order valence-corrected chi connectivity index (χ1v) is 11.8. The predicted molar refractivity (Wildman–Crippen MR) is 134 cm³/mol. The van der Waals surface area contributed by atoms with Gasteiger partial charge in [0.1, 0.15) is 30.1 Å². The van der Waals surface area contributed by atoms with Crippen molar-refractivity contribution in [1.82, 2.24) is 4.98 Å². The Morgan fingerprint density at radius 1 is 0.972 bits per heavy atom. The third-order valence-corrected chi connectivity index (χ3v) is 6.98. The van der Waals surface area contributed by atoms with E-state index >= 15 is 0 Å². The normalized spacial score (nSPS) is 18.8. The van der Waals surface area contributed by atoms with Crippen molar-refractivity contribution in [2.24, 2.45) is 0 Å². The molecule has 8 heteroatoms. The number of anilines is 3. The molecule has 1 unspecified atom stereocenters. The molecular formula is C28H22N4O4. The zero-order valence-corrected chi connectivity index (χ0v) is 19.2. The molecule has 7 rings (SSSR count). The number of amides is 1. The molecule has 0 bridgehead atoms. The van der Waals surface area contributed by atoms with Crippen LogP contribution in [0.25, 0.3) is 0 Å². The predicted octanol–water partition coefficient (Wildman–Crippen LogP) is 4.57. The summed E-state index contributed by atoms with van der Waals surface area (Å²) in [6.07, 6.45) is 1.70. The van der Waals surface area contributed by atoms with Crippen LogP contribution in [0.15, 0.2) is 85.1 Å². The maximum Gasteiger partial charge on any atom is 0.246 e. The number of fused-ring (bicyclic) bond motifs is 6. The van der Waals surface area contributed by atoms with E-state index in [2.05, 4.69) is 15.9 Å². The number of nitrogens with one attached hydrogen (secondary N) is 2. The van der Waals surface area contributed by atoms with E-state index in [-0.39, 0.29) is 12.5 Å². The van der Waals surface area contributed by atoms with Gasteiger partial charge in [0.15, 0.2) is 0 Å². The minimum atomic E-state index is -0.960. The lowest BCUT2D eigenvalue weighted by Crippen LogP contribution is -2.42. The summed E-state index contributed by atoms with van der Waals surface area (Å²) in [5.41, 5.74) is 10.7. The van der Waals surface area contributed by atoms with Crippen molar-refractivity contribution in [2.45, 2.75) is 18.6 Å². The fourth-order valence-corrected chi connectivity index (χ4v) is 5.26. The number of benzene rings is 3. The standard InChI is InChI=1S/C28H22N4O4/c33-27-28(17-35-24-13-12-22-26(25(24)28)31-36-30-22)21-8-4-5-9-23(21)32(27)15-19-10-11-20(14-29-19)34-16-18-6-2-1-3-7-18/h1-14,30-31H,15-17H2. The zero-order valence-electron chi connectivity index (χ0n) is 19.2. The summed E-state index contributed by atoms with van der Waals surface area (Å²) in [5.74, 6) is 1.31. The third-order valence-electron chi connectivity index (χ3n) is 6.98.